The van der Waals surface area contributed by atoms with Crippen molar-refractivity contribution < 1.29 is 229 Å². The van der Waals surface area contributed by atoms with Crippen molar-refractivity contribution in [2.45, 2.75) is 122 Å². The summed E-state index contributed by atoms with van der Waals surface area (Å²) in [5.74, 6) is -1.03. The number of quaternary nitrogens is 2. The van der Waals surface area contributed by atoms with Gasteiger partial charge in [0, 0.05) is 79.2 Å². The van der Waals surface area contributed by atoms with Gasteiger partial charge >= 0.3 is 127 Å². The number of aliphatic imine (C=N–C) groups is 4. The molecule has 6 aromatic rings. The third-order valence-corrected chi connectivity index (χ3v) is 36.1. The molecule has 0 fully saturated rings. The Balaban J connectivity index is 0.00000496. The number of benzene rings is 4. The van der Waals surface area contributed by atoms with Gasteiger partial charge in [-0.15, -0.1) is 6.42 Å². The number of fused-ring (bicyclic) bond motifs is 14. The molecule has 4 aliphatic heterocycles. The van der Waals surface area contributed by atoms with Gasteiger partial charge in [-0.3, -0.25) is 14.8 Å². The molecule has 1 N–H and O–H groups in total. The predicted octanol–water partition coefficient (Wildman–Crippen LogP) is -5.74. The zero-order valence-corrected chi connectivity index (χ0v) is 83.7. The van der Waals surface area contributed by atoms with E-state index >= 15 is 0 Å². The van der Waals surface area contributed by atoms with Gasteiger partial charge in [-0.05, 0) is 115 Å². The summed E-state index contributed by atoms with van der Waals surface area (Å²) in [5.41, 5.74) is 3.55. The Morgan fingerprint density at radius 2 is 0.627 bits per heavy atom. The largest absolute Gasteiger partial charge is 1.00 e. The minimum Gasteiger partial charge on any atom is -0.870 e. The van der Waals surface area contributed by atoms with E-state index < -0.39 is 105 Å². The molecule has 6 bridgehead atoms. The Morgan fingerprint density at radius 3 is 0.941 bits per heavy atom. The molecular weight excluding hydrogens is 1720 g/mol. The molecule has 0 radical (unpaired) electrons. The molecule has 4 aliphatic rings. The fourth-order valence-corrected chi connectivity index (χ4v) is 30.6. The van der Waals surface area contributed by atoms with Crippen molar-refractivity contribution in [2.75, 3.05) is 134 Å². The molecule has 0 spiro atoms. The number of amidine groups is 4. The Kier molecular flexibility index (Phi) is 42.8. The smallest absolute Gasteiger partial charge is 0.870 e. The average Bonchev–Trinajstić information content (AvgIpc) is 1.53. The molecule has 10 rings (SSSR count). The van der Waals surface area contributed by atoms with Crippen molar-refractivity contribution in [1.29, 1.82) is 0 Å². The predicted molar refractivity (Wildman–Crippen MR) is 431 cm³/mol. The molecule has 0 amide bonds. The summed E-state index contributed by atoms with van der Waals surface area (Å²) < 4.78 is 226. The molecule has 0 saturated carbocycles. The molecule has 1 unspecified atom stereocenters. The van der Waals surface area contributed by atoms with Gasteiger partial charge in [0.15, 0.2) is 40.0 Å². The SMILES string of the molecule is C[Si](C)(CCC[N+](CCCCS(=O)(=O)[O-])(CCCCS(=O)(=O)[O-])CCCCS(=O)(=O)[O-])O[Si]1(O[Si](C)(C)CCC[N+](CCCCS(=O)(=O)[O-])(CCCCS(=O)(=O)[O-])CCOCCOCCOCCOCC[C-]=O)n2c3c4ccccc4c2N=C2N=C(N=c4c5ccccc5c(n41)=NC1=NC(=N3)c3ccccc31)c1ccccc12.[Na+].[Na+].[Na+].[Na+].[OH-]. The van der Waals surface area contributed by atoms with Crippen LogP contribution < -0.4 is 129 Å². The van der Waals surface area contributed by atoms with Crippen LogP contribution in [0, 0.1) is 0 Å². The molecule has 118 heavy (non-hydrogen) atoms. The maximum Gasteiger partial charge on any atom is 1.00 e. The minimum atomic E-state index is -5.00. The number of ether oxygens (including phenoxy) is 4. The van der Waals surface area contributed by atoms with Gasteiger partial charge in [-0.25, -0.2) is 72.0 Å². The van der Waals surface area contributed by atoms with E-state index in [0.717, 1.165) is 0 Å². The maximum absolute atomic E-state index is 12.1. The standard InChI is InChI=1S/C73H104N10O22S5Si3.4Na.H2O/c1-111(2,56-23-39-82(34-13-18-51-106(85,86)87,35-14-19-52-107(88,89)90)36-15-20-53-108(91,92)93)104-113(105-112(3,4)57-24-40-83(37-16-21-54-109(94,95)96,38-17-22-55-110(97,98)99)41-44-101-46-48-103-50-49-102-47-45-100-43-25-42-84)80-70-62-30-9-10-31-63(62)72(80)78-68-60-28-7-8-29-61(60)69(75-68)79-73-65-33-12-11-32-64(65)71(81(73)113)77-67-59-27-6-5-26-58(59)66(74-67)76-70;;;;;/h5-12,26-33H,13-25,34-41,43-57H2,1-4H3,(H4-,85,86,87,88,89,90,91,92,93,94,95,96,97,98,99);;;;;1H2/q;4*+1;/p-5. The van der Waals surface area contributed by atoms with E-state index in [1.807, 2.05) is 106 Å². The second kappa shape index (κ2) is 47.5. The summed E-state index contributed by atoms with van der Waals surface area (Å²) in [6.07, 6.45) is 4.08. The van der Waals surface area contributed by atoms with E-state index in [2.05, 4.69) is 26.2 Å². The van der Waals surface area contributed by atoms with Crippen molar-refractivity contribution in [1.82, 2.24) is 8.47 Å². The number of carbonyl (C=O) groups excluding carboxylic acids is 1. The summed E-state index contributed by atoms with van der Waals surface area (Å²) >= 11 is 0. The Labute approximate surface area is 783 Å². The van der Waals surface area contributed by atoms with Crippen LogP contribution in [0.1, 0.15) is 106 Å². The Bertz CT molecular complexity index is 4960. The van der Waals surface area contributed by atoms with Gasteiger partial charge in [0.1, 0.15) is 29.2 Å². The third-order valence-electron chi connectivity index (χ3n) is 20.5. The molecule has 33 nitrogen and oxygen atoms in total. The zero-order chi connectivity index (χ0) is 81.4. The first-order valence-corrected chi connectivity index (χ1v) is 54.0. The monoisotopic (exact) mass is 1820 g/mol. The first kappa shape index (κ1) is 106. The van der Waals surface area contributed by atoms with Gasteiger partial charge in [0.2, 0.25) is 0 Å². The van der Waals surface area contributed by atoms with Crippen molar-refractivity contribution in [2.24, 2.45) is 30.0 Å². The van der Waals surface area contributed by atoms with Crippen molar-refractivity contribution in [3.8, 4) is 0 Å². The minimum absolute atomic E-state index is 0. The molecule has 2 aromatic heterocycles. The van der Waals surface area contributed by atoms with Crippen LogP contribution in [0.4, 0.5) is 11.6 Å². The van der Waals surface area contributed by atoms with E-state index in [9.17, 15) is 69.6 Å². The molecule has 45 heteroatoms. The topological polar surface area (TPSA) is 472 Å². The first-order valence-electron chi connectivity index (χ1n) is 38.2. The van der Waals surface area contributed by atoms with Gasteiger partial charge in [-0.2, -0.15) is 0 Å². The molecule has 6 heterocycles. The molecular formula is C73H101N10Na4O23S5Si3-. The number of hydrogen-bond acceptors (Lipinski definition) is 29. The molecule has 1 atom stereocenters. The summed E-state index contributed by atoms with van der Waals surface area (Å²) in [6, 6.07) is 31.6. The van der Waals surface area contributed by atoms with Crippen LogP contribution in [0.15, 0.2) is 127 Å². The number of hydrogen-bond donors (Lipinski definition) is 0. The van der Waals surface area contributed by atoms with Crippen molar-refractivity contribution in [3.05, 3.63) is 130 Å². The van der Waals surface area contributed by atoms with Crippen LogP contribution in [0.3, 0.4) is 0 Å². The summed E-state index contributed by atoms with van der Waals surface area (Å²) in [4.78, 5) is 43.7. The van der Waals surface area contributed by atoms with Gasteiger partial charge in [0.05, 0.1) is 143 Å². The second-order valence-corrected chi connectivity index (χ2v) is 49.5. The zero-order valence-electron chi connectivity index (χ0n) is 68.6. The number of nitrogens with zero attached hydrogens (tertiary/aromatic N) is 10. The van der Waals surface area contributed by atoms with E-state index in [0.29, 0.717) is 161 Å². The van der Waals surface area contributed by atoms with E-state index in [-0.39, 0.29) is 263 Å². The second-order valence-electron chi connectivity index (χ2n) is 30.3. The summed E-state index contributed by atoms with van der Waals surface area (Å²) in [7, 11) is -35.1. The molecule has 4 aromatic carbocycles. The number of aromatic nitrogens is 2. The van der Waals surface area contributed by atoms with E-state index in [1.54, 1.807) is 6.29 Å². The van der Waals surface area contributed by atoms with Crippen LogP contribution in [0.5, 0.6) is 0 Å². The quantitative estimate of drug-likeness (QED) is 0.0113. The normalized spacial score (nSPS) is 15.3. The Hall–Kier alpha value is -2.25. The van der Waals surface area contributed by atoms with Gasteiger partial charge in [-0.1, -0.05) is 97.1 Å². The van der Waals surface area contributed by atoms with Crippen LogP contribution in [0.25, 0.3) is 21.5 Å². The van der Waals surface area contributed by atoms with Crippen molar-refractivity contribution >= 4 is 139 Å². The molecule has 0 aliphatic carbocycles. The van der Waals surface area contributed by atoms with E-state index in [4.69, 9.17) is 57.1 Å². The van der Waals surface area contributed by atoms with Crippen molar-refractivity contribution in [3.63, 3.8) is 0 Å². The fourth-order valence-electron chi connectivity index (χ4n) is 15.2. The molecule has 628 valence electrons. The Morgan fingerprint density at radius 1 is 0.356 bits per heavy atom. The van der Waals surface area contributed by atoms with Gasteiger partial charge in [0.25, 0.3) is 0 Å². The molecule has 0 saturated heterocycles. The number of rotatable bonds is 52. The third kappa shape index (κ3) is 31.1. The van der Waals surface area contributed by atoms with Crippen LogP contribution in [0.2, 0.25) is 38.3 Å². The maximum atomic E-state index is 12.1. The fraction of sp³-hybridized carbons (Fsp3) is 0.548. The van der Waals surface area contributed by atoms with E-state index in [1.165, 1.54) is 0 Å². The van der Waals surface area contributed by atoms with Crippen LogP contribution in [-0.4, -0.2) is 277 Å². The average molecular weight is 1820 g/mol. The number of unbranched alkanes of at least 4 members (excludes halogenated alkanes) is 5. The van der Waals surface area contributed by atoms with Crippen LogP contribution >= 0.6 is 0 Å². The van der Waals surface area contributed by atoms with Gasteiger partial charge < -0.3 is 69.2 Å². The summed E-state index contributed by atoms with van der Waals surface area (Å²) in [6.45, 7) is 12.9. The van der Waals surface area contributed by atoms with Crippen LogP contribution in [-0.2, 0) is 82.6 Å². The summed E-state index contributed by atoms with van der Waals surface area (Å²) in [5, 5.41) is 2.60. The first-order chi connectivity index (χ1) is 53.5.